The lowest BCUT2D eigenvalue weighted by Gasteiger charge is -2.09. The summed E-state index contributed by atoms with van der Waals surface area (Å²) in [5, 5.41) is 0.477. The predicted octanol–water partition coefficient (Wildman–Crippen LogP) is 3.54. The zero-order valence-corrected chi connectivity index (χ0v) is 11.9. The standard InChI is InChI=1S/C13H12BrClN2O/c14-11-4-2-1-3-10(11)8-18-13-12(15)5-9(6-16)7-17-13/h1-5,7H,6,8,16H2. The van der Waals surface area contributed by atoms with Crippen molar-refractivity contribution in [2.45, 2.75) is 13.2 Å². The van der Waals surface area contributed by atoms with Crippen molar-refractivity contribution < 1.29 is 4.74 Å². The Kier molecular flexibility index (Phi) is 4.58. The second-order valence-electron chi connectivity index (χ2n) is 3.71. The molecule has 2 aromatic rings. The lowest BCUT2D eigenvalue weighted by atomic mass is 10.2. The fourth-order valence-corrected chi connectivity index (χ4v) is 2.09. The van der Waals surface area contributed by atoms with Crippen molar-refractivity contribution in [1.29, 1.82) is 0 Å². The number of benzene rings is 1. The van der Waals surface area contributed by atoms with E-state index in [1.165, 1.54) is 0 Å². The van der Waals surface area contributed by atoms with E-state index in [1.807, 2.05) is 24.3 Å². The van der Waals surface area contributed by atoms with Crippen LogP contribution in [-0.4, -0.2) is 4.98 Å². The SMILES string of the molecule is NCc1cnc(OCc2ccccc2Br)c(Cl)c1. The Morgan fingerprint density at radius 3 is 2.78 bits per heavy atom. The molecule has 0 aliphatic rings. The summed E-state index contributed by atoms with van der Waals surface area (Å²) in [5.74, 6) is 0.421. The lowest BCUT2D eigenvalue weighted by Crippen LogP contribution is -2.01. The largest absolute Gasteiger partial charge is 0.472 e. The number of ether oxygens (including phenoxy) is 1. The van der Waals surface area contributed by atoms with Crippen LogP contribution in [-0.2, 0) is 13.2 Å². The van der Waals surface area contributed by atoms with Crippen molar-refractivity contribution in [1.82, 2.24) is 4.98 Å². The number of pyridine rings is 1. The molecule has 0 amide bonds. The molecule has 3 nitrogen and oxygen atoms in total. The smallest absolute Gasteiger partial charge is 0.232 e. The maximum absolute atomic E-state index is 6.06. The second-order valence-corrected chi connectivity index (χ2v) is 4.98. The van der Waals surface area contributed by atoms with Gasteiger partial charge in [0.2, 0.25) is 5.88 Å². The van der Waals surface area contributed by atoms with Crippen molar-refractivity contribution in [3.63, 3.8) is 0 Å². The van der Waals surface area contributed by atoms with E-state index < -0.39 is 0 Å². The summed E-state index contributed by atoms with van der Waals surface area (Å²) in [5.41, 5.74) is 7.43. The molecule has 0 bridgehead atoms. The molecule has 2 rings (SSSR count). The molecule has 1 aromatic carbocycles. The second kappa shape index (κ2) is 6.18. The Bertz CT molecular complexity index is 548. The van der Waals surface area contributed by atoms with Gasteiger partial charge < -0.3 is 10.5 Å². The van der Waals surface area contributed by atoms with Crippen LogP contribution >= 0.6 is 27.5 Å². The van der Waals surface area contributed by atoms with Gasteiger partial charge in [0.05, 0.1) is 0 Å². The minimum absolute atomic E-state index is 0.413. The van der Waals surface area contributed by atoms with Crippen LogP contribution in [0.15, 0.2) is 41.0 Å². The van der Waals surface area contributed by atoms with E-state index in [0.29, 0.717) is 24.1 Å². The van der Waals surface area contributed by atoms with Gasteiger partial charge in [-0.15, -0.1) is 0 Å². The average Bonchev–Trinajstić information content (AvgIpc) is 2.39. The number of nitrogens with two attached hydrogens (primary N) is 1. The summed E-state index contributed by atoms with van der Waals surface area (Å²) in [6.45, 7) is 0.827. The minimum atomic E-state index is 0.413. The van der Waals surface area contributed by atoms with Crippen molar-refractivity contribution in [2.75, 3.05) is 0 Å². The molecule has 1 heterocycles. The molecular formula is C13H12BrClN2O. The van der Waals surface area contributed by atoms with E-state index in [1.54, 1.807) is 12.3 Å². The summed E-state index contributed by atoms with van der Waals surface area (Å²) in [6.07, 6.45) is 1.67. The predicted molar refractivity (Wildman–Crippen MR) is 75.6 cm³/mol. The molecule has 0 fully saturated rings. The number of hydrogen-bond donors (Lipinski definition) is 1. The van der Waals surface area contributed by atoms with Gasteiger partial charge in [0.1, 0.15) is 11.6 Å². The Morgan fingerprint density at radius 1 is 1.33 bits per heavy atom. The number of rotatable bonds is 4. The maximum atomic E-state index is 6.06. The highest BCUT2D eigenvalue weighted by Crippen LogP contribution is 2.24. The molecule has 0 radical (unpaired) electrons. The normalized spacial score (nSPS) is 10.4. The van der Waals surface area contributed by atoms with Crippen molar-refractivity contribution >= 4 is 27.5 Å². The van der Waals surface area contributed by atoms with E-state index in [4.69, 9.17) is 22.1 Å². The van der Waals surface area contributed by atoms with Crippen LogP contribution in [0.25, 0.3) is 0 Å². The molecular weight excluding hydrogens is 316 g/mol. The molecule has 2 N–H and O–H groups in total. The van der Waals surface area contributed by atoms with Crippen molar-refractivity contribution in [2.24, 2.45) is 5.73 Å². The fraction of sp³-hybridized carbons (Fsp3) is 0.154. The van der Waals surface area contributed by atoms with E-state index in [-0.39, 0.29) is 0 Å². The molecule has 0 spiro atoms. The third kappa shape index (κ3) is 3.22. The van der Waals surface area contributed by atoms with Crippen LogP contribution in [0.3, 0.4) is 0 Å². The van der Waals surface area contributed by atoms with Gasteiger partial charge in [-0.05, 0) is 17.7 Å². The molecule has 1 aromatic heterocycles. The highest BCUT2D eigenvalue weighted by atomic mass is 79.9. The van der Waals surface area contributed by atoms with Gasteiger partial charge >= 0.3 is 0 Å². The van der Waals surface area contributed by atoms with Gasteiger partial charge in [-0.25, -0.2) is 4.98 Å². The van der Waals surface area contributed by atoms with Gasteiger partial charge in [0.15, 0.2) is 0 Å². The molecule has 0 unspecified atom stereocenters. The zero-order chi connectivity index (χ0) is 13.0. The van der Waals surface area contributed by atoms with Crippen LogP contribution in [0.5, 0.6) is 5.88 Å². The monoisotopic (exact) mass is 326 g/mol. The third-order valence-electron chi connectivity index (χ3n) is 2.42. The molecule has 0 atom stereocenters. The number of halogens is 2. The average molecular weight is 328 g/mol. The topological polar surface area (TPSA) is 48.1 Å². The highest BCUT2D eigenvalue weighted by molar-refractivity contribution is 9.10. The molecule has 18 heavy (non-hydrogen) atoms. The Hall–Kier alpha value is -1.10. The van der Waals surface area contributed by atoms with E-state index in [2.05, 4.69) is 20.9 Å². The van der Waals surface area contributed by atoms with Crippen LogP contribution in [0.4, 0.5) is 0 Å². The van der Waals surface area contributed by atoms with Gasteiger partial charge in [0.25, 0.3) is 0 Å². The fourth-order valence-electron chi connectivity index (χ4n) is 1.44. The van der Waals surface area contributed by atoms with E-state index in [0.717, 1.165) is 15.6 Å². The summed E-state index contributed by atoms with van der Waals surface area (Å²) in [7, 11) is 0. The first-order chi connectivity index (χ1) is 8.70. The Morgan fingerprint density at radius 2 is 2.11 bits per heavy atom. The third-order valence-corrected chi connectivity index (χ3v) is 3.47. The highest BCUT2D eigenvalue weighted by Gasteiger charge is 2.06. The number of hydrogen-bond acceptors (Lipinski definition) is 3. The summed E-state index contributed by atoms with van der Waals surface area (Å²) in [6, 6.07) is 9.62. The first kappa shape index (κ1) is 13.3. The first-order valence-corrected chi connectivity index (χ1v) is 6.58. The van der Waals surface area contributed by atoms with Crippen LogP contribution in [0.2, 0.25) is 5.02 Å². The minimum Gasteiger partial charge on any atom is -0.472 e. The van der Waals surface area contributed by atoms with Crippen LogP contribution < -0.4 is 10.5 Å². The molecule has 0 saturated heterocycles. The molecule has 0 aliphatic heterocycles. The summed E-state index contributed by atoms with van der Waals surface area (Å²) in [4.78, 5) is 4.14. The molecule has 0 saturated carbocycles. The maximum Gasteiger partial charge on any atom is 0.232 e. The number of aromatic nitrogens is 1. The van der Waals surface area contributed by atoms with E-state index in [9.17, 15) is 0 Å². The Balaban J connectivity index is 2.09. The zero-order valence-electron chi connectivity index (χ0n) is 9.57. The van der Waals surface area contributed by atoms with Gasteiger partial charge in [-0.3, -0.25) is 0 Å². The summed E-state index contributed by atoms with van der Waals surface area (Å²) < 4.78 is 6.59. The lowest BCUT2D eigenvalue weighted by molar-refractivity contribution is 0.293. The van der Waals surface area contributed by atoms with Gasteiger partial charge in [-0.2, -0.15) is 0 Å². The summed E-state index contributed by atoms with van der Waals surface area (Å²) >= 11 is 9.52. The van der Waals surface area contributed by atoms with Crippen LogP contribution in [0.1, 0.15) is 11.1 Å². The molecule has 94 valence electrons. The quantitative estimate of drug-likeness (QED) is 0.934. The van der Waals surface area contributed by atoms with Crippen molar-refractivity contribution in [3.8, 4) is 5.88 Å². The number of nitrogens with zero attached hydrogens (tertiary/aromatic N) is 1. The molecule has 5 heteroatoms. The van der Waals surface area contributed by atoms with Gasteiger partial charge in [0, 0.05) is 22.8 Å². The first-order valence-electron chi connectivity index (χ1n) is 5.41. The Labute approximate surface area is 119 Å². The van der Waals surface area contributed by atoms with Gasteiger partial charge in [-0.1, -0.05) is 45.7 Å². The van der Waals surface area contributed by atoms with E-state index >= 15 is 0 Å². The molecule has 0 aliphatic carbocycles. The van der Waals surface area contributed by atoms with Crippen LogP contribution in [0, 0.1) is 0 Å². The van der Waals surface area contributed by atoms with Crippen molar-refractivity contribution in [3.05, 3.63) is 57.2 Å².